The topological polar surface area (TPSA) is 80.4 Å². The van der Waals surface area contributed by atoms with E-state index in [0.717, 1.165) is 18.2 Å². The van der Waals surface area contributed by atoms with Gasteiger partial charge in [-0.2, -0.15) is 0 Å². The number of carbonyl (C=O) groups is 1. The number of para-hydroxylation sites is 1. The maximum atomic E-state index is 12.8. The summed E-state index contributed by atoms with van der Waals surface area (Å²) in [7, 11) is 0. The first-order valence-electron chi connectivity index (χ1n) is 5.27. The molecule has 0 saturated heterocycles. The number of benzene rings is 2. The molecule has 2 aromatic carbocycles. The van der Waals surface area contributed by atoms with Crippen molar-refractivity contribution in [1.29, 1.82) is 0 Å². The second kappa shape index (κ2) is 4.85. The van der Waals surface area contributed by atoms with Crippen LogP contribution >= 0.6 is 0 Å². The number of rotatable bonds is 3. The quantitative estimate of drug-likeness (QED) is 0.680. The van der Waals surface area contributed by atoms with Crippen molar-refractivity contribution in [3.05, 3.63) is 64.0 Å². The maximum Gasteiger partial charge on any atom is 0.342 e. The monoisotopic (exact) mass is 261 g/mol. The van der Waals surface area contributed by atoms with Gasteiger partial charge in [0.05, 0.1) is 10.5 Å². The van der Waals surface area contributed by atoms with Crippen LogP contribution in [0.25, 0.3) is 11.1 Å². The first-order chi connectivity index (χ1) is 9.00. The fourth-order valence-electron chi connectivity index (χ4n) is 1.78. The van der Waals surface area contributed by atoms with E-state index in [1.54, 1.807) is 0 Å². The predicted molar refractivity (Wildman–Crippen MR) is 65.4 cm³/mol. The highest BCUT2D eigenvalue weighted by atomic mass is 19.1. The van der Waals surface area contributed by atoms with Gasteiger partial charge in [-0.1, -0.05) is 18.2 Å². The van der Waals surface area contributed by atoms with Crippen molar-refractivity contribution in [3.63, 3.8) is 0 Å². The van der Waals surface area contributed by atoms with Gasteiger partial charge < -0.3 is 5.11 Å². The smallest absolute Gasteiger partial charge is 0.342 e. The van der Waals surface area contributed by atoms with Crippen LogP contribution in [0, 0.1) is 15.9 Å². The Morgan fingerprint density at radius 1 is 1.16 bits per heavy atom. The van der Waals surface area contributed by atoms with Crippen molar-refractivity contribution in [1.82, 2.24) is 0 Å². The number of hydrogen-bond acceptors (Lipinski definition) is 3. The molecule has 0 aromatic heterocycles. The molecule has 1 N–H and O–H groups in total. The molecule has 0 fully saturated rings. The normalized spacial score (nSPS) is 10.2. The molecule has 0 bridgehead atoms. The highest BCUT2D eigenvalue weighted by molar-refractivity contribution is 5.96. The average molecular weight is 261 g/mol. The Balaban J connectivity index is 2.69. The molecule has 0 aliphatic rings. The van der Waals surface area contributed by atoms with Gasteiger partial charge in [0.25, 0.3) is 5.69 Å². The van der Waals surface area contributed by atoms with E-state index in [1.807, 2.05) is 0 Å². The van der Waals surface area contributed by atoms with Gasteiger partial charge in [-0.3, -0.25) is 10.1 Å². The molecule has 0 heterocycles. The molecule has 96 valence electrons. The standard InChI is InChI=1S/C13H8FNO4/c14-9-6-4-8(5-7-9)10-2-1-3-11(13(16)17)12(10)15(18)19/h1-7H,(H,16,17). The Morgan fingerprint density at radius 2 is 1.79 bits per heavy atom. The van der Waals surface area contributed by atoms with Crippen molar-refractivity contribution < 1.29 is 19.2 Å². The SMILES string of the molecule is O=C(O)c1cccc(-c2ccc(F)cc2)c1[N+](=O)[O-]. The highest BCUT2D eigenvalue weighted by Crippen LogP contribution is 2.32. The van der Waals surface area contributed by atoms with Crippen LogP contribution in [-0.4, -0.2) is 16.0 Å². The minimum absolute atomic E-state index is 0.143. The molecule has 2 rings (SSSR count). The molecule has 2 aromatic rings. The second-order valence-corrected chi connectivity index (χ2v) is 3.77. The van der Waals surface area contributed by atoms with E-state index < -0.39 is 28.0 Å². The van der Waals surface area contributed by atoms with Gasteiger partial charge in [-0.05, 0) is 29.8 Å². The van der Waals surface area contributed by atoms with Crippen molar-refractivity contribution >= 4 is 11.7 Å². The number of hydrogen-bond donors (Lipinski definition) is 1. The first-order valence-corrected chi connectivity index (χ1v) is 5.27. The molecule has 0 saturated carbocycles. The minimum atomic E-state index is -1.38. The molecule has 0 atom stereocenters. The van der Waals surface area contributed by atoms with Gasteiger partial charge in [0, 0.05) is 0 Å². The lowest BCUT2D eigenvalue weighted by atomic mass is 10.0. The summed E-state index contributed by atoms with van der Waals surface area (Å²) in [6.07, 6.45) is 0. The summed E-state index contributed by atoms with van der Waals surface area (Å²) >= 11 is 0. The number of carboxylic acid groups (broad SMARTS) is 1. The molecular weight excluding hydrogens is 253 g/mol. The van der Waals surface area contributed by atoms with E-state index in [0.29, 0.717) is 5.56 Å². The van der Waals surface area contributed by atoms with Crippen LogP contribution in [0.15, 0.2) is 42.5 Å². The summed E-state index contributed by atoms with van der Waals surface area (Å²) in [5.74, 6) is -1.85. The fourth-order valence-corrected chi connectivity index (χ4v) is 1.78. The summed E-state index contributed by atoms with van der Waals surface area (Å²) in [6, 6.07) is 9.05. The van der Waals surface area contributed by atoms with Crippen molar-refractivity contribution in [2.45, 2.75) is 0 Å². The van der Waals surface area contributed by atoms with Gasteiger partial charge >= 0.3 is 5.97 Å². The molecular formula is C13H8FNO4. The number of carboxylic acids is 1. The average Bonchev–Trinajstić information content (AvgIpc) is 2.38. The van der Waals surface area contributed by atoms with Crippen LogP contribution in [0.1, 0.15) is 10.4 Å². The molecule has 19 heavy (non-hydrogen) atoms. The van der Waals surface area contributed by atoms with Crippen molar-refractivity contribution in [2.24, 2.45) is 0 Å². The zero-order valence-electron chi connectivity index (χ0n) is 9.54. The Hall–Kier alpha value is -2.76. The van der Waals surface area contributed by atoms with E-state index in [1.165, 1.54) is 24.3 Å². The minimum Gasteiger partial charge on any atom is -0.477 e. The van der Waals surface area contributed by atoms with E-state index in [9.17, 15) is 19.3 Å². The van der Waals surface area contributed by atoms with Crippen LogP contribution in [0.3, 0.4) is 0 Å². The number of nitro benzene ring substituents is 1. The second-order valence-electron chi connectivity index (χ2n) is 3.77. The molecule has 0 radical (unpaired) electrons. The lowest BCUT2D eigenvalue weighted by Crippen LogP contribution is -2.04. The lowest BCUT2D eigenvalue weighted by Gasteiger charge is -2.05. The summed E-state index contributed by atoms with van der Waals surface area (Å²) < 4.78 is 12.8. The molecule has 0 spiro atoms. The Labute approximate surface area is 107 Å². The van der Waals surface area contributed by atoms with Gasteiger partial charge in [0.15, 0.2) is 0 Å². The largest absolute Gasteiger partial charge is 0.477 e. The van der Waals surface area contributed by atoms with Crippen LogP contribution in [0.4, 0.5) is 10.1 Å². The number of nitro groups is 1. The maximum absolute atomic E-state index is 12.8. The van der Waals surface area contributed by atoms with Crippen molar-refractivity contribution in [2.75, 3.05) is 0 Å². The summed E-state index contributed by atoms with van der Waals surface area (Å²) in [5, 5.41) is 20.0. The van der Waals surface area contributed by atoms with Gasteiger partial charge in [-0.15, -0.1) is 0 Å². The summed E-state index contributed by atoms with van der Waals surface area (Å²) in [5.41, 5.74) is -0.366. The third kappa shape index (κ3) is 2.42. The first kappa shape index (κ1) is 12.7. The lowest BCUT2D eigenvalue weighted by molar-refractivity contribution is -0.384. The molecule has 6 heteroatoms. The Morgan fingerprint density at radius 3 is 2.32 bits per heavy atom. The Kier molecular flexibility index (Phi) is 3.24. The third-order valence-electron chi connectivity index (χ3n) is 2.60. The van der Waals surface area contributed by atoms with E-state index in [-0.39, 0.29) is 5.56 Å². The van der Waals surface area contributed by atoms with Crippen LogP contribution in [-0.2, 0) is 0 Å². The highest BCUT2D eigenvalue weighted by Gasteiger charge is 2.24. The van der Waals surface area contributed by atoms with E-state index in [2.05, 4.69) is 0 Å². The summed E-state index contributed by atoms with van der Waals surface area (Å²) in [4.78, 5) is 21.3. The fraction of sp³-hybridized carbons (Fsp3) is 0. The van der Waals surface area contributed by atoms with Crippen LogP contribution < -0.4 is 0 Å². The molecule has 5 nitrogen and oxygen atoms in total. The summed E-state index contributed by atoms with van der Waals surface area (Å²) in [6.45, 7) is 0. The molecule has 0 unspecified atom stereocenters. The predicted octanol–water partition coefficient (Wildman–Crippen LogP) is 3.10. The van der Waals surface area contributed by atoms with Gasteiger partial charge in [0.1, 0.15) is 11.4 Å². The van der Waals surface area contributed by atoms with Crippen LogP contribution in [0.5, 0.6) is 0 Å². The van der Waals surface area contributed by atoms with Gasteiger partial charge in [0.2, 0.25) is 0 Å². The van der Waals surface area contributed by atoms with Gasteiger partial charge in [-0.25, -0.2) is 9.18 Å². The van der Waals surface area contributed by atoms with E-state index in [4.69, 9.17) is 5.11 Å². The van der Waals surface area contributed by atoms with Crippen molar-refractivity contribution in [3.8, 4) is 11.1 Å². The number of nitrogens with zero attached hydrogens (tertiary/aromatic N) is 1. The molecule has 0 aliphatic carbocycles. The number of halogens is 1. The third-order valence-corrected chi connectivity index (χ3v) is 2.60. The molecule has 0 aliphatic heterocycles. The molecule has 0 amide bonds. The van der Waals surface area contributed by atoms with E-state index >= 15 is 0 Å². The zero-order chi connectivity index (χ0) is 14.0. The Bertz CT molecular complexity index is 652. The van der Waals surface area contributed by atoms with Crippen LogP contribution in [0.2, 0.25) is 0 Å². The number of aromatic carboxylic acids is 1. The zero-order valence-corrected chi connectivity index (χ0v) is 9.54.